The normalized spacial score (nSPS) is 17.3. The number of nitrogens with one attached hydrogen (secondary N) is 1. The van der Waals surface area contributed by atoms with E-state index in [-0.39, 0.29) is 12.5 Å². The van der Waals surface area contributed by atoms with Gasteiger partial charge in [0.15, 0.2) is 0 Å². The van der Waals surface area contributed by atoms with E-state index in [2.05, 4.69) is 39.5 Å². The molecule has 6 heteroatoms. The fourth-order valence-corrected chi connectivity index (χ4v) is 3.04. The number of benzene rings is 1. The number of hydrogen-bond donors (Lipinski definition) is 2. The molecular weight excluding hydrogens is 318 g/mol. The van der Waals surface area contributed by atoms with Gasteiger partial charge in [-0.1, -0.05) is 0 Å². The number of piperazine rings is 1. The van der Waals surface area contributed by atoms with Gasteiger partial charge in [0.25, 0.3) is 0 Å². The summed E-state index contributed by atoms with van der Waals surface area (Å²) in [5, 5.41) is 12.1. The molecule has 1 aromatic heterocycles. The highest BCUT2D eigenvalue weighted by Crippen LogP contribution is 2.29. The molecule has 0 bridgehead atoms. The number of aromatic nitrogens is 1. The zero-order valence-electron chi connectivity index (χ0n) is 14.1. The molecule has 2 N–H and O–H groups in total. The highest BCUT2D eigenvalue weighted by molar-refractivity contribution is 5.66. The van der Waals surface area contributed by atoms with E-state index in [1.54, 1.807) is 0 Å². The van der Waals surface area contributed by atoms with Crippen LogP contribution in [0.3, 0.4) is 0 Å². The van der Waals surface area contributed by atoms with Gasteiger partial charge in [-0.2, -0.15) is 0 Å². The predicted molar refractivity (Wildman–Crippen MR) is 96.0 cm³/mol. The molecule has 1 saturated heterocycles. The lowest BCUT2D eigenvalue weighted by molar-refractivity contribution is -0.137. The lowest BCUT2D eigenvalue weighted by atomic mass is 10.0. The summed E-state index contributed by atoms with van der Waals surface area (Å²) in [5.41, 5.74) is 2.40. The lowest BCUT2D eigenvalue weighted by Crippen LogP contribution is -2.46. The standard InChI is InChI=1S/C19H23N3O3/c23-19(24)2-1-13-25-17-5-3-16(4-6-17)22-12-11-21-14-18(22)15-7-9-20-10-8-15/h3-10,18,21H,1-2,11-14H2,(H,23,24). The van der Waals surface area contributed by atoms with Crippen LogP contribution in [0.2, 0.25) is 0 Å². The van der Waals surface area contributed by atoms with Crippen molar-refractivity contribution in [3.05, 3.63) is 54.4 Å². The van der Waals surface area contributed by atoms with Crippen LogP contribution in [0.4, 0.5) is 5.69 Å². The Kier molecular flexibility index (Phi) is 5.85. The molecule has 2 aromatic rings. The van der Waals surface area contributed by atoms with E-state index in [1.807, 2.05) is 24.5 Å². The van der Waals surface area contributed by atoms with Crippen molar-refractivity contribution >= 4 is 11.7 Å². The SMILES string of the molecule is O=C(O)CCCOc1ccc(N2CCNCC2c2ccncc2)cc1. The van der Waals surface area contributed by atoms with Gasteiger partial charge in [0.2, 0.25) is 0 Å². The van der Waals surface area contributed by atoms with E-state index in [1.165, 1.54) is 5.56 Å². The highest BCUT2D eigenvalue weighted by Gasteiger charge is 2.23. The van der Waals surface area contributed by atoms with Gasteiger partial charge in [0.05, 0.1) is 12.6 Å². The summed E-state index contributed by atoms with van der Waals surface area (Å²) < 4.78 is 5.61. The third-order valence-electron chi connectivity index (χ3n) is 4.31. The zero-order chi connectivity index (χ0) is 17.5. The zero-order valence-corrected chi connectivity index (χ0v) is 14.1. The molecule has 6 nitrogen and oxygen atoms in total. The minimum atomic E-state index is -0.792. The molecule has 0 aliphatic carbocycles. The third kappa shape index (κ3) is 4.70. The molecule has 2 heterocycles. The fraction of sp³-hybridized carbons (Fsp3) is 0.368. The number of carbonyl (C=O) groups is 1. The molecule has 25 heavy (non-hydrogen) atoms. The minimum absolute atomic E-state index is 0.131. The maximum atomic E-state index is 10.5. The molecule has 1 aliphatic rings. The Labute approximate surface area is 147 Å². The molecule has 132 valence electrons. The van der Waals surface area contributed by atoms with Crippen molar-refractivity contribution < 1.29 is 14.6 Å². The van der Waals surface area contributed by atoms with Gasteiger partial charge in [-0.3, -0.25) is 9.78 Å². The van der Waals surface area contributed by atoms with Crippen LogP contribution in [-0.2, 0) is 4.79 Å². The predicted octanol–water partition coefficient (Wildman–Crippen LogP) is 2.48. The number of aliphatic carboxylic acids is 1. The van der Waals surface area contributed by atoms with Crippen molar-refractivity contribution in [2.75, 3.05) is 31.1 Å². The average Bonchev–Trinajstić information content (AvgIpc) is 2.66. The maximum absolute atomic E-state index is 10.5. The second-order valence-corrected chi connectivity index (χ2v) is 6.03. The van der Waals surface area contributed by atoms with Crippen LogP contribution in [0.5, 0.6) is 5.75 Å². The molecule has 1 fully saturated rings. The Bertz CT molecular complexity index is 676. The van der Waals surface area contributed by atoms with E-state index in [9.17, 15) is 4.79 Å². The van der Waals surface area contributed by atoms with Crippen LogP contribution in [0.15, 0.2) is 48.8 Å². The van der Waals surface area contributed by atoms with E-state index in [4.69, 9.17) is 9.84 Å². The summed E-state index contributed by atoms with van der Waals surface area (Å²) in [4.78, 5) is 17.0. The maximum Gasteiger partial charge on any atom is 0.303 e. The van der Waals surface area contributed by atoms with Crippen molar-refractivity contribution in [2.45, 2.75) is 18.9 Å². The molecule has 0 amide bonds. The van der Waals surface area contributed by atoms with E-state index < -0.39 is 5.97 Å². The first kappa shape index (κ1) is 17.2. The Morgan fingerprint density at radius 2 is 2.00 bits per heavy atom. The molecular formula is C19H23N3O3. The monoisotopic (exact) mass is 341 g/mol. The Morgan fingerprint density at radius 3 is 2.72 bits per heavy atom. The number of pyridine rings is 1. The first-order valence-electron chi connectivity index (χ1n) is 8.56. The topological polar surface area (TPSA) is 74.7 Å². The van der Waals surface area contributed by atoms with E-state index in [0.717, 1.165) is 31.1 Å². The Hall–Kier alpha value is -2.60. The molecule has 3 rings (SSSR count). The number of rotatable bonds is 7. The Morgan fingerprint density at radius 1 is 1.24 bits per heavy atom. The summed E-state index contributed by atoms with van der Waals surface area (Å²) >= 11 is 0. The van der Waals surface area contributed by atoms with Gasteiger partial charge >= 0.3 is 5.97 Å². The molecule has 0 saturated carbocycles. The second kappa shape index (κ2) is 8.48. The molecule has 1 atom stereocenters. The van der Waals surface area contributed by atoms with Crippen LogP contribution >= 0.6 is 0 Å². The van der Waals surface area contributed by atoms with Gasteiger partial charge in [-0.25, -0.2) is 0 Å². The summed E-state index contributed by atoms with van der Waals surface area (Å²) in [7, 11) is 0. The summed E-state index contributed by atoms with van der Waals surface area (Å²) in [6.45, 7) is 3.21. The van der Waals surface area contributed by atoms with Crippen LogP contribution in [0.25, 0.3) is 0 Å². The molecule has 0 radical (unpaired) electrons. The average molecular weight is 341 g/mol. The second-order valence-electron chi connectivity index (χ2n) is 6.03. The number of ether oxygens (including phenoxy) is 1. The molecule has 1 unspecified atom stereocenters. The molecule has 1 aliphatic heterocycles. The van der Waals surface area contributed by atoms with Crippen molar-refractivity contribution in [3.63, 3.8) is 0 Å². The number of anilines is 1. The van der Waals surface area contributed by atoms with Gasteiger partial charge in [-0.15, -0.1) is 0 Å². The van der Waals surface area contributed by atoms with Crippen molar-refractivity contribution in [1.29, 1.82) is 0 Å². The van der Waals surface area contributed by atoms with Crippen LogP contribution in [0, 0.1) is 0 Å². The van der Waals surface area contributed by atoms with Crippen LogP contribution in [-0.4, -0.2) is 42.3 Å². The number of carboxylic acid groups (broad SMARTS) is 1. The van der Waals surface area contributed by atoms with E-state index in [0.29, 0.717) is 13.0 Å². The first-order chi connectivity index (χ1) is 12.2. The van der Waals surface area contributed by atoms with Gasteiger partial charge in [0.1, 0.15) is 5.75 Å². The summed E-state index contributed by atoms with van der Waals surface area (Å²) in [6, 6.07) is 12.4. The smallest absolute Gasteiger partial charge is 0.303 e. The van der Waals surface area contributed by atoms with Crippen LogP contribution in [0.1, 0.15) is 24.4 Å². The number of carboxylic acids is 1. The lowest BCUT2D eigenvalue weighted by Gasteiger charge is -2.38. The van der Waals surface area contributed by atoms with Gasteiger partial charge < -0.3 is 20.1 Å². The third-order valence-corrected chi connectivity index (χ3v) is 4.31. The first-order valence-corrected chi connectivity index (χ1v) is 8.56. The molecule has 1 aromatic carbocycles. The van der Waals surface area contributed by atoms with E-state index >= 15 is 0 Å². The quantitative estimate of drug-likeness (QED) is 0.754. The summed E-state index contributed by atoms with van der Waals surface area (Å²) in [5.74, 6) is -0.0236. The van der Waals surface area contributed by atoms with Crippen molar-refractivity contribution in [2.24, 2.45) is 0 Å². The van der Waals surface area contributed by atoms with Gasteiger partial charge in [0, 0.05) is 44.1 Å². The van der Waals surface area contributed by atoms with Crippen molar-refractivity contribution in [3.8, 4) is 5.75 Å². The number of hydrogen-bond acceptors (Lipinski definition) is 5. The molecule has 0 spiro atoms. The highest BCUT2D eigenvalue weighted by atomic mass is 16.5. The van der Waals surface area contributed by atoms with Crippen LogP contribution < -0.4 is 15.0 Å². The minimum Gasteiger partial charge on any atom is -0.494 e. The fourth-order valence-electron chi connectivity index (χ4n) is 3.04. The largest absolute Gasteiger partial charge is 0.494 e. The van der Waals surface area contributed by atoms with Gasteiger partial charge in [-0.05, 0) is 48.4 Å². The Balaban J connectivity index is 1.64. The van der Waals surface area contributed by atoms with Crippen molar-refractivity contribution in [1.82, 2.24) is 10.3 Å². The number of nitrogens with zero attached hydrogens (tertiary/aromatic N) is 2. The summed E-state index contributed by atoms with van der Waals surface area (Å²) in [6.07, 6.45) is 4.30.